The van der Waals surface area contributed by atoms with Crippen LogP contribution in [0.4, 0.5) is 0 Å². The maximum Gasteiger partial charge on any atom is 0.306 e. The van der Waals surface area contributed by atoms with Gasteiger partial charge >= 0.3 is 17.9 Å². The molecule has 0 heterocycles. The number of carbonyl (C=O) groups is 3. The van der Waals surface area contributed by atoms with Crippen LogP contribution in [0.1, 0.15) is 278 Å². The van der Waals surface area contributed by atoms with Gasteiger partial charge in [0.25, 0.3) is 0 Å². The maximum atomic E-state index is 12.9. The second-order valence-corrected chi connectivity index (χ2v) is 20.6. The van der Waals surface area contributed by atoms with Crippen molar-refractivity contribution in [2.24, 2.45) is 0 Å². The SMILES string of the molecule is CC/C=C\C/C=C\C/C=C\C/C=C\C/C=C\C/C=C\C/C=C\C/C=C\CCCCC(=O)OCC(COC(=O)CCCCCCCCCCCCCCC)OC(=O)CCCCCCCC/C=C\C/C=C\C/C=C\CCCCC. The molecule has 77 heavy (non-hydrogen) atoms. The molecule has 0 aliphatic heterocycles. The molecule has 0 aliphatic rings. The third-order valence-electron chi connectivity index (χ3n) is 13.1. The minimum atomic E-state index is -0.807. The Balaban J connectivity index is 4.46. The van der Waals surface area contributed by atoms with E-state index in [1.807, 2.05) is 0 Å². The van der Waals surface area contributed by atoms with Crippen molar-refractivity contribution in [2.45, 2.75) is 284 Å². The number of unbranched alkanes of at least 4 members (excludes halogenated alkanes) is 23. The van der Waals surface area contributed by atoms with Gasteiger partial charge in [-0.1, -0.05) is 270 Å². The van der Waals surface area contributed by atoms with E-state index in [1.54, 1.807) is 0 Å². The smallest absolute Gasteiger partial charge is 0.306 e. The lowest BCUT2D eigenvalue weighted by Crippen LogP contribution is -2.30. The molecule has 1 unspecified atom stereocenters. The first-order chi connectivity index (χ1) is 38.0. The minimum Gasteiger partial charge on any atom is -0.462 e. The largest absolute Gasteiger partial charge is 0.462 e. The number of carbonyl (C=O) groups excluding carboxylic acids is 3. The van der Waals surface area contributed by atoms with E-state index in [1.165, 1.54) is 103 Å². The third kappa shape index (κ3) is 62.3. The van der Waals surface area contributed by atoms with E-state index >= 15 is 0 Å². The van der Waals surface area contributed by atoms with Crippen molar-refractivity contribution < 1.29 is 28.6 Å². The molecule has 0 amide bonds. The van der Waals surface area contributed by atoms with Gasteiger partial charge in [-0.15, -0.1) is 0 Å². The molecular weight excluding hydrogens is 949 g/mol. The molecule has 0 aliphatic carbocycles. The number of esters is 3. The van der Waals surface area contributed by atoms with E-state index in [9.17, 15) is 14.4 Å². The zero-order valence-electron chi connectivity index (χ0n) is 49.9. The van der Waals surface area contributed by atoms with Gasteiger partial charge in [-0.2, -0.15) is 0 Å². The van der Waals surface area contributed by atoms with Crippen molar-refractivity contribution in [3.8, 4) is 0 Å². The Labute approximate surface area is 475 Å². The van der Waals surface area contributed by atoms with Crippen LogP contribution in [-0.4, -0.2) is 37.2 Å². The zero-order chi connectivity index (χ0) is 55.7. The normalized spacial score (nSPS) is 13.0. The van der Waals surface area contributed by atoms with Crippen LogP contribution in [-0.2, 0) is 28.6 Å². The van der Waals surface area contributed by atoms with Crippen LogP contribution < -0.4 is 0 Å². The third-order valence-corrected chi connectivity index (χ3v) is 13.1. The van der Waals surface area contributed by atoms with Crippen molar-refractivity contribution in [1.29, 1.82) is 0 Å². The Morgan fingerprint density at radius 1 is 0.273 bits per heavy atom. The highest BCUT2D eigenvalue weighted by atomic mass is 16.6. The van der Waals surface area contributed by atoms with Gasteiger partial charge in [-0.05, 0) is 122 Å². The first-order valence-electron chi connectivity index (χ1n) is 31.7. The number of ether oxygens (including phenoxy) is 3. The van der Waals surface area contributed by atoms with Crippen molar-refractivity contribution in [1.82, 2.24) is 0 Å². The van der Waals surface area contributed by atoms with Crippen molar-refractivity contribution >= 4 is 17.9 Å². The van der Waals surface area contributed by atoms with Crippen molar-refractivity contribution in [2.75, 3.05) is 13.2 Å². The molecule has 0 radical (unpaired) electrons. The molecule has 0 saturated carbocycles. The Kier molecular flexibility index (Phi) is 60.4. The van der Waals surface area contributed by atoms with Crippen LogP contribution in [0.15, 0.2) is 134 Å². The van der Waals surface area contributed by atoms with Crippen LogP contribution in [0.25, 0.3) is 0 Å². The Morgan fingerprint density at radius 3 is 0.844 bits per heavy atom. The fourth-order valence-corrected chi connectivity index (χ4v) is 8.41. The first kappa shape index (κ1) is 72.5. The number of rotatable bonds is 56. The molecule has 0 rings (SSSR count). The highest BCUT2D eigenvalue weighted by molar-refractivity contribution is 5.71. The minimum absolute atomic E-state index is 0.0990. The molecule has 0 aromatic heterocycles. The van der Waals surface area contributed by atoms with Gasteiger partial charge in [0.05, 0.1) is 0 Å². The molecule has 0 bridgehead atoms. The van der Waals surface area contributed by atoms with E-state index < -0.39 is 6.10 Å². The standard InChI is InChI=1S/C71H116O6/c1-4-7-10-13-16-19-22-25-27-29-31-32-33-34-35-36-37-38-40-41-43-46-49-52-55-58-61-64-70(73)76-67-68(66-75-69(72)63-60-57-54-51-48-45-24-21-18-15-12-9-6-3)77-71(74)65-62-59-56-53-50-47-44-42-39-30-28-26-23-20-17-14-11-8-5-2/h7,10,16-17,19-20,25-28,31-32,34-35,37-39,41-43,49,52,68H,4-6,8-9,11-15,18,21-24,29-30,33,36,40,44-48,50-51,53-67H2,1-3H3/b10-7-,19-16-,20-17-,27-25-,28-26-,32-31-,35-34-,38-37-,42-39-,43-41-,52-49-. The van der Waals surface area contributed by atoms with E-state index in [-0.39, 0.29) is 31.1 Å². The lowest BCUT2D eigenvalue weighted by Gasteiger charge is -2.18. The number of hydrogen-bond acceptors (Lipinski definition) is 6. The van der Waals surface area contributed by atoms with E-state index in [0.717, 1.165) is 128 Å². The van der Waals surface area contributed by atoms with Gasteiger partial charge < -0.3 is 14.2 Å². The summed E-state index contributed by atoms with van der Waals surface area (Å²) < 4.78 is 16.9. The molecule has 0 aromatic rings. The van der Waals surface area contributed by atoms with E-state index in [2.05, 4.69) is 154 Å². The van der Waals surface area contributed by atoms with E-state index in [4.69, 9.17) is 14.2 Å². The maximum absolute atomic E-state index is 12.9. The molecule has 6 nitrogen and oxygen atoms in total. The van der Waals surface area contributed by atoms with Gasteiger partial charge in [-0.3, -0.25) is 14.4 Å². The van der Waals surface area contributed by atoms with Crippen LogP contribution in [0.2, 0.25) is 0 Å². The molecule has 436 valence electrons. The van der Waals surface area contributed by atoms with Gasteiger partial charge in [0.1, 0.15) is 13.2 Å². The Hall–Kier alpha value is -4.45. The molecule has 0 spiro atoms. The molecule has 0 N–H and O–H groups in total. The predicted molar refractivity (Wildman–Crippen MR) is 334 cm³/mol. The summed E-state index contributed by atoms with van der Waals surface area (Å²) in [6.07, 6.45) is 90.2. The topological polar surface area (TPSA) is 78.9 Å². The summed E-state index contributed by atoms with van der Waals surface area (Å²) in [7, 11) is 0. The molecule has 0 fully saturated rings. The molecule has 6 heteroatoms. The van der Waals surface area contributed by atoms with E-state index in [0.29, 0.717) is 25.7 Å². The van der Waals surface area contributed by atoms with Gasteiger partial charge in [0.15, 0.2) is 6.10 Å². The zero-order valence-corrected chi connectivity index (χ0v) is 49.9. The highest BCUT2D eigenvalue weighted by Gasteiger charge is 2.19. The summed E-state index contributed by atoms with van der Waals surface area (Å²) in [5, 5.41) is 0. The molecule has 0 aromatic carbocycles. The average Bonchev–Trinajstić information content (AvgIpc) is 3.43. The second-order valence-electron chi connectivity index (χ2n) is 20.6. The lowest BCUT2D eigenvalue weighted by molar-refractivity contribution is -0.167. The summed E-state index contributed by atoms with van der Waals surface area (Å²) >= 11 is 0. The van der Waals surface area contributed by atoms with Crippen LogP contribution in [0, 0.1) is 0 Å². The van der Waals surface area contributed by atoms with Crippen molar-refractivity contribution in [3.05, 3.63) is 134 Å². The van der Waals surface area contributed by atoms with Crippen LogP contribution >= 0.6 is 0 Å². The monoisotopic (exact) mass is 1060 g/mol. The van der Waals surface area contributed by atoms with Crippen LogP contribution in [0.3, 0.4) is 0 Å². The summed E-state index contributed by atoms with van der Waals surface area (Å²) in [5.74, 6) is -0.955. The van der Waals surface area contributed by atoms with Gasteiger partial charge in [-0.25, -0.2) is 0 Å². The fraction of sp³-hybridized carbons (Fsp3) is 0.648. The second kappa shape index (κ2) is 64.1. The van der Waals surface area contributed by atoms with Gasteiger partial charge in [0.2, 0.25) is 0 Å². The first-order valence-corrected chi connectivity index (χ1v) is 31.7. The number of hydrogen-bond donors (Lipinski definition) is 0. The molecule has 1 atom stereocenters. The Morgan fingerprint density at radius 2 is 0.506 bits per heavy atom. The molecular formula is C71H116O6. The summed E-state index contributed by atoms with van der Waals surface area (Å²) in [5.41, 5.74) is 0. The summed E-state index contributed by atoms with van der Waals surface area (Å²) in [4.78, 5) is 38.3. The van der Waals surface area contributed by atoms with Crippen LogP contribution in [0.5, 0.6) is 0 Å². The summed E-state index contributed by atoms with van der Waals surface area (Å²) in [6, 6.07) is 0. The van der Waals surface area contributed by atoms with Crippen molar-refractivity contribution in [3.63, 3.8) is 0 Å². The average molecular weight is 1070 g/mol. The Bertz CT molecular complexity index is 1650. The van der Waals surface area contributed by atoms with Gasteiger partial charge in [0, 0.05) is 19.3 Å². The highest BCUT2D eigenvalue weighted by Crippen LogP contribution is 2.15. The molecule has 0 saturated heterocycles. The quantitative estimate of drug-likeness (QED) is 0.0261. The fourth-order valence-electron chi connectivity index (χ4n) is 8.41. The number of allylic oxidation sites excluding steroid dienone is 22. The predicted octanol–water partition coefficient (Wildman–Crippen LogP) is 21.8. The lowest BCUT2D eigenvalue weighted by atomic mass is 10.0. The summed E-state index contributed by atoms with van der Waals surface area (Å²) in [6.45, 7) is 6.46.